The number of aromatic nitrogens is 3. The normalized spacial score (nSPS) is 21.9. The van der Waals surface area contributed by atoms with E-state index in [1.165, 1.54) is 4.52 Å². The molecular weight excluding hydrogens is 382 g/mol. The fourth-order valence-corrected chi connectivity index (χ4v) is 4.78. The van der Waals surface area contributed by atoms with Gasteiger partial charge in [-0.05, 0) is 25.7 Å². The van der Waals surface area contributed by atoms with Gasteiger partial charge in [-0.3, -0.25) is 19.5 Å². The van der Waals surface area contributed by atoms with Crippen LogP contribution in [0.1, 0.15) is 62.4 Å². The van der Waals surface area contributed by atoms with Crippen molar-refractivity contribution >= 4 is 17.5 Å². The number of rotatable bonds is 3. The summed E-state index contributed by atoms with van der Waals surface area (Å²) in [6.45, 7) is 6.32. The van der Waals surface area contributed by atoms with Gasteiger partial charge in [0.1, 0.15) is 0 Å². The zero-order valence-electron chi connectivity index (χ0n) is 17.7. The molecule has 2 aliphatic heterocycles. The number of carbonyl (C=O) groups is 2. The van der Waals surface area contributed by atoms with Crippen LogP contribution in [-0.2, 0) is 22.6 Å². The lowest BCUT2D eigenvalue weighted by Crippen LogP contribution is -2.41. The summed E-state index contributed by atoms with van der Waals surface area (Å²) in [6.07, 6.45) is 4.49. The average molecular weight is 412 g/mol. The molecule has 0 radical (unpaired) electrons. The van der Waals surface area contributed by atoms with Crippen LogP contribution >= 0.6 is 0 Å². The summed E-state index contributed by atoms with van der Waals surface area (Å²) in [5, 5.41) is 3.25. The number of hydrogen-bond donors (Lipinski definition) is 1. The lowest BCUT2D eigenvalue weighted by Gasteiger charge is -2.33. The maximum Gasteiger partial charge on any atom is 0.277 e. The van der Waals surface area contributed by atoms with E-state index in [0.717, 1.165) is 43.6 Å². The molecule has 5 rings (SSSR count). The van der Waals surface area contributed by atoms with Gasteiger partial charge in [0.15, 0.2) is 5.65 Å². The van der Waals surface area contributed by atoms with Gasteiger partial charge >= 0.3 is 0 Å². The Morgan fingerprint density at radius 1 is 1.17 bits per heavy atom. The highest BCUT2D eigenvalue weighted by molar-refractivity contribution is 5.81. The van der Waals surface area contributed by atoms with E-state index in [1.807, 2.05) is 29.7 Å². The largest absolute Gasteiger partial charge is 0.342 e. The molecule has 1 atom stereocenters. The minimum Gasteiger partial charge on any atom is -0.342 e. The first kappa shape index (κ1) is 19.3. The highest BCUT2D eigenvalue weighted by Gasteiger charge is 2.36. The Hall–Kier alpha value is -2.64. The lowest BCUT2D eigenvalue weighted by molar-refractivity contribution is -0.135. The molecule has 1 aliphatic carbocycles. The second kappa shape index (κ2) is 7.25. The Balaban J connectivity index is 1.43. The first-order valence-corrected chi connectivity index (χ1v) is 11.1. The van der Waals surface area contributed by atoms with Crippen molar-refractivity contribution in [2.24, 2.45) is 11.8 Å². The highest BCUT2D eigenvalue weighted by atomic mass is 16.2. The molecule has 2 fully saturated rings. The lowest BCUT2D eigenvalue weighted by atomic mass is 9.94. The SMILES string of the molecule is CC(C)C(=O)N1CCC[C@@H](c2cc3nc4c(c(=O)n3[nH]2)CN(C(=O)C2CC2)CC4)C1. The second-order valence-corrected chi connectivity index (χ2v) is 9.31. The molecule has 8 nitrogen and oxygen atoms in total. The smallest absolute Gasteiger partial charge is 0.277 e. The third-order valence-electron chi connectivity index (χ3n) is 6.69. The predicted molar refractivity (Wildman–Crippen MR) is 111 cm³/mol. The van der Waals surface area contributed by atoms with Crippen LogP contribution in [0.3, 0.4) is 0 Å². The summed E-state index contributed by atoms with van der Waals surface area (Å²) in [7, 11) is 0. The molecule has 8 heteroatoms. The van der Waals surface area contributed by atoms with E-state index in [4.69, 9.17) is 4.98 Å². The van der Waals surface area contributed by atoms with Gasteiger partial charge in [-0.15, -0.1) is 0 Å². The van der Waals surface area contributed by atoms with Gasteiger partial charge in [-0.25, -0.2) is 9.50 Å². The van der Waals surface area contributed by atoms with Crippen LogP contribution in [0.4, 0.5) is 0 Å². The van der Waals surface area contributed by atoms with Gasteiger partial charge in [-0.2, -0.15) is 0 Å². The number of likely N-dealkylation sites (tertiary alicyclic amines) is 1. The first-order chi connectivity index (χ1) is 14.4. The summed E-state index contributed by atoms with van der Waals surface area (Å²) in [4.78, 5) is 46.5. The molecule has 0 unspecified atom stereocenters. The van der Waals surface area contributed by atoms with Crippen molar-refractivity contribution in [2.75, 3.05) is 19.6 Å². The Morgan fingerprint density at radius 3 is 2.70 bits per heavy atom. The Morgan fingerprint density at radius 2 is 1.97 bits per heavy atom. The number of piperidine rings is 1. The number of carbonyl (C=O) groups excluding carboxylic acids is 2. The van der Waals surface area contributed by atoms with E-state index < -0.39 is 0 Å². The van der Waals surface area contributed by atoms with Crippen LogP contribution in [0, 0.1) is 11.8 Å². The van der Waals surface area contributed by atoms with E-state index in [-0.39, 0.29) is 35.1 Å². The zero-order valence-corrected chi connectivity index (χ0v) is 17.7. The van der Waals surface area contributed by atoms with Crippen LogP contribution in [0.5, 0.6) is 0 Å². The second-order valence-electron chi connectivity index (χ2n) is 9.31. The molecule has 0 bridgehead atoms. The molecule has 2 amide bonds. The van der Waals surface area contributed by atoms with Crippen molar-refractivity contribution in [3.63, 3.8) is 0 Å². The number of hydrogen-bond acceptors (Lipinski definition) is 4. The van der Waals surface area contributed by atoms with Gasteiger partial charge in [0, 0.05) is 55.6 Å². The topological polar surface area (TPSA) is 90.8 Å². The average Bonchev–Trinajstić information content (AvgIpc) is 3.52. The standard InChI is InChI=1S/C22H29N5O3/c1-13(2)20(28)25-8-3-4-15(11-25)18-10-19-23-17-7-9-26(21(29)14-5-6-14)12-16(17)22(30)27(19)24-18/h10,13-15,24H,3-9,11-12H2,1-2H3/t15-/m1/s1. The van der Waals surface area contributed by atoms with E-state index in [2.05, 4.69) is 5.10 Å². The third kappa shape index (κ3) is 3.32. The highest BCUT2D eigenvalue weighted by Crippen LogP contribution is 2.32. The molecule has 1 N–H and O–H groups in total. The Kier molecular flexibility index (Phi) is 4.67. The van der Waals surface area contributed by atoms with Crippen LogP contribution < -0.4 is 5.56 Å². The number of fused-ring (bicyclic) bond motifs is 2. The number of nitrogens with one attached hydrogen (secondary N) is 1. The molecule has 3 aliphatic rings. The fraction of sp³-hybridized carbons (Fsp3) is 0.636. The monoisotopic (exact) mass is 411 g/mol. The van der Waals surface area contributed by atoms with Gasteiger partial charge in [0.2, 0.25) is 11.8 Å². The van der Waals surface area contributed by atoms with E-state index in [0.29, 0.717) is 37.3 Å². The Bertz CT molecular complexity index is 1060. The quantitative estimate of drug-likeness (QED) is 0.832. The van der Waals surface area contributed by atoms with Gasteiger partial charge in [0.05, 0.1) is 17.8 Å². The molecule has 0 aromatic carbocycles. The summed E-state index contributed by atoms with van der Waals surface area (Å²) in [5.74, 6) is 0.679. The van der Waals surface area contributed by atoms with Crippen LogP contribution in [0.2, 0.25) is 0 Å². The van der Waals surface area contributed by atoms with Crippen molar-refractivity contribution in [3.05, 3.63) is 33.4 Å². The molecule has 0 spiro atoms. The molecule has 4 heterocycles. The number of H-pyrrole nitrogens is 1. The molecule has 160 valence electrons. The van der Waals surface area contributed by atoms with Crippen molar-refractivity contribution in [2.45, 2.75) is 58.4 Å². The van der Waals surface area contributed by atoms with Crippen molar-refractivity contribution in [1.82, 2.24) is 24.4 Å². The molecule has 2 aromatic rings. The first-order valence-electron chi connectivity index (χ1n) is 11.1. The molecule has 30 heavy (non-hydrogen) atoms. The van der Waals surface area contributed by atoms with E-state index >= 15 is 0 Å². The summed E-state index contributed by atoms with van der Waals surface area (Å²) in [6, 6.07) is 1.96. The summed E-state index contributed by atoms with van der Waals surface area (Å²) < 4.78 is 1.52. The summed E-state index contributed by atoms with van der Waals surface area (Å²) >= 11 is 0. The maximum atomic E-state index is 13.2. The van der Waals surface area contributed by atoms with Gasteiger partial charge < -0.3 is 9.80 Å². The zero-order chi connectivity index (χ0) is 21.0. The Labute approximate surface area is 175 Å². The van der Waals surface area contributed by atoms with Crippen LogP contribution in [0.25, 0.3) is 5.65 Å². The van der Waals surface area contributed by atoms with E-state index in [1.54, 1.807) is 0 Å². The maximum absolute atomic E-state index is 13.2. The molecule has 2 aromatic heterocycles. The molecular formula is C22H29N5O3. The minimum absolute atomic E-state index is 0.0104. The van der Waals surface area contributed by atoms with Crippen LogP contribution in [0.15, 0.2) is 10.9 Å². The molecule has 1 saturated carbocycles. The fourth-order valence-electron chi connectivity index (χ4n) is 4.78. The number of nitrogens with zero attached hydrogens (tertiary/aromatic N) is 4. The van der Waals surface area contributed by atoms with Crippen molar-refractivity contribution < 1.29 is 9.59 Å². The van der Waals surface area contributed by atoms with Crippen molar-refractivity contribution in [1.29, 1.82) is 0 Å². The predicted octanol–water partition coefficient (Wildman–Crippen LogP) is 1.68. The summed E-state index contributed by atoms with van der Waals surface area (Å²) in [5.41, 5.74) is 2.91. The van der Waals surface area contributed by atoms with Gasteiger partial charge in [0.25, 0.3) is 5.56 Å². The third-order valence-corrected chi connectivity index (χ3v) is 6.69. The van der Waals surface area contributed by atoms with Crippen LogP contribution in [-0.4, -0.2) is 55.8 Å². The van der Waals surface area contributed by atoms with E-state index in [9.17, 15) is 14.4 Å². The molecule has 1 saturated heterocycles. The van der Waals surface area contributed by atoms with Gasteiger partial charge in [-0.1, -0.05) is 13.8 Å². The number of aromatic amines is 1. The minimum atomic E-state index is -0.111. The number of amides is 2. The van der Waals surface area contributed by atoms with Crippen molar-refractivity contribution in [3.8, 4) is 0 Å².